The summed E-state index contributed by atoms with van der Waals surface area (Å²) in [4.78, 5) is 11.2. The number of nitrogens with one attached hydrogen (secondary N) is 1. The van der Waals surface area contributed by atoms with Crippen molar-refractivity contribution < 1.29 is 9.90 Å². The molecule has 1 fully saturated rings. The molecule has 0 bridgehead atoms. The van der Waals surface area contributed by atoms with Crippen LogP contribution in [0.3, 0.4) is 0 Å². The molecule has 1 unspecified atom stereocenters. The number of carboxylic acids is 1. The van der Waals surface area contributed by atoms with Crippen LogP contribution in [0.4, 0.5) is 11.4 Å². The molecule has 98 valence electrons. The van der Waals surface area contributed by atoms with E-state index < -0.39 is 5.97 Å². The van der Waals surface area contributed by atoms with Gasteiger partial charge in [0.2, 0.25) is 0 Å². The molecule has 0 aliphatic heterocycles. The topological polar surface area (TPSA) is 75.3 Å². The molecule has 0 radical (unpaired) electrons. The predicted molar refractivity (Wildman–Crippen MR) is 73.2 cm³/mol. The summed E-state index contributed by atoms with van der Waals surface area (Å²) in [5.74, 6) is -0.463. The minimum atomic E-state index is -1.03. The Kier molecular flexibility index (Phi) is 3.15. The van der Waals surface area contributed by atoms with Gasteiger partial charge in [-0.25, -0.2) is 4.79 Å². The van der Waals surface area contributed by atoms with E-state index in [0.29, 0.717) is 27.7 Å². The number of halogens is 1. The van der Waals surface area contributed by atoms with E-state index in [1.165, 1.54) is 6.07 Å². The zero-order valence-electron chi connectivity index (χ0n) is 10.5. The normalized spacial score (nSPS) is 20.5. The van der Waals surface area contributed by atoms with Crippen LogP contribution in [0.2, 0.25) is 5.02 Å². The Morgan fingerprint density at radius 3 is 2.72 bits per heavy atom. The van der Waals surface area contributed by atoms with Crippen molar-refractivity contribution in [1.29, 1.82) is 0 Å². The van der Waals surface area contributed by atoms with Crippen molar-refractivity contribution >= 4 is 28.9 Å². The number of hydrogen-bond acceptors (Lipinski definition) is 3. The van der Waals surface area contributed by atoms with Crippen LogP contribution in [-0.2, 0) is 0 Å². The molecule has 1 atom stereocenters. The summed E-state index contributed by atoms with van der Waals surface area (Å²) >= 11 is 6.05. The van der Waals surface area contributed by atoms with Crippen LogP contribution in [-0.4, -0.2) is 17.6 Å². The van der Waals surface area contributed by atoms with Crippen LogP contribution in [0.25, 0.3) is 0 Å². The van der Waals surface area contributed by atoms with E-state index >= 15 is 0 Å². The first-order valence-electron chi connectivity index (χ1n) is 5.87. The lowest BCUT2D eigenvalue weighted by Crippen LogP contribution is -2.12. The number of anilines is 2. The predicted octanol–water partition coefficient (Wildman–Crippen LogP) is 3.08. The molecule has 0 heterocycles. The maximum atomic E-state index is 11.2. The van der Waals surface area contributed by atoms with Gasteiger partial charge in [-0.05, 0) is 29.9 Å². The van der Waals surface area contributed by atoms with Gasteiger partial charge in [0.1, 0.15) is 0 Å². The van der Waals surface area contributed by atoms with Gasteiger partial charge in [0.15, 0.2) is 0 Å². The summed E-state index contributed by atoms with van der Waals surface area (Å²) in [6.07, 6.45) is 1.15. The molecule has 1 aliphatic rings. The molecular weight excluding hydrogens is 252 g/mol. The third-order valence-corrected chi connectivity index (χ3v) is 3.88. The van der Waals surface area contributed by atoms with Gasteiger partial charge < -0.3 is 16.2 Å². The first-order valence-corrected chi connectivity index (χ1v) is 6.25. The molecule has 2 rings (SSSR count). The van der Waals surface area contributed by atoms with E-state index in [0.717, 1.165) is 13.0 Å². The highest BCUT2D eigenvalue weighted by molar-refractivity contribution is 6.34. The van der Waals surface area contributed by atoms with Crippen LogP contribution in [0.15, 0.2) is 12.1 Å². The second-order valence-corrected chi connectivity index (χ2v) is 5.91. The molecule has 0 aromatic heterocycles. The third-order valence-electron chi connectivity index (χ3n) is 3.59. The average molecular weight is 269 g/mol. The lowest BCUT2D eigenvalue weighted by atomic mass is 10.1. The summed E-state index contributed by atoms with van der Waals surface area (Å²) in [6.45, 7) is 5.13. The first kappa shape index (κ1) is 13.0. The molecule has 1 aliphatic carbocycles. The Labute approximate surface area is 111 Å². The quantitative estimate of drug-likeness (QED) is 0.734. The molecule has 4 nitrogen and oxygen atoms in total. The number of aromatic carboxylic acids is 1. The zero-order valence-corrected chi connectivity index (χ0v) is 11.2. The molecule has 1 aromatic carbocycles. The van der Waals surface area contributed by atoms with Crippen molar-refractivity contribution in [2.75, 3.05) is 17.6 Å². The Hall–Kier alpha value is -1.42. The third kappa shape index (κ3) is 2.53. The van der Waals surface area contributed by atoms with Gasteiger partial charge in [-0.3, -0.25) is 0 Å². The maximum absolute atomic E-state index is 11.2. The molecule has 5 heteroatoms. The first-order chi connectivity index (χ1) is 8.31. The van der Waals surface area contributed by atoms with E-state index in [1.54, 1.807) is 6.07 Å². The van der Waals surface area contributed by atoms with Crippen molar-refractivity contribution in [2.24, 2.45) is 11.3 Å². The van der Waals surface area contributed by atoms with Gasteiger partial charge >= 0.3 is 5.97 Å². The van der Waals surface area contributed by atoms with Crippen molar-refractivity contribution in [3.05, 3.63) is 22.7 Å². The van der Waals surface area contributed by atoms with Gasteiger partial charge in [0.25, 0.3) is 0 Å². The van der Waals surface area contributed by atoms with Gasteiger partial charge in [-0.2, -0.15) is 0 Å². The molecule has 1 saturated carbocycles. The van der Waals surface area contributed by atoms with Crippen LogP contribution in [0, 0.1) is 11.3 Å². The Morgan fingerprint density at radius 2 is 2.22 bits per heavy atom. The van der Waals surface area contributed by atoms with Gasteiger partial charge in [-0.1, -0.05) is 25.4 Å². The number of nitrogen functional groups attached to an aromatic ring is 1. The number of rotatable bonds is 4. The minimum absolute atomic E-state index is 0.124. The standard InChI is InChI=1S/C13H17ClN2O2/c1-13(2)5-7(13)6-16-11-9(12(17)18)3-8(15)4-10(11)14/h3-4,7,16H,5-6,15H2,1-2H3,(H,17,18). The zero-order chi connectivity index (χ0) is 13.5. The highest BCUT2D eigenvalue weighted by Crippen LogP contribution is 2.51. The molecule has 4 N–H and O–H groups in total. The second kappa shape index (κ2) is 4.35. The van der Waals surface area contributed by atoms with Crippen LogP contribution in [0.5, 0.6) is 0 Å². The lowest BCUT2D eigenvalue weighted by Gasteiger charge is -2.13. The summed E-state index contributed by atoms with van der Waals surface area (Å²) in [6, 6.07) is 2.99. The monoisotopic (exact) mass is 268 g/mol. The van der Waals surface area contributed by atoms with E-state index in [1.807, 2.05) is 0 Å². The SMILES string of the molecule is CC1(C)CC1CNc1c(Cl)cc(N)cc1C(=O)O. The largest absolute Gasteiger partial charge is 0.478 e. The number of carboxylic acid groups (broad SMARTS) is 1. The van der Waals surface area contributed by atoms with Crippen LogP contribution < -0.4 is 11.1 Å². The maximum Gasteiger partial charge on any atom is 0.337 e. The summed E-state index contributed by atoms with van der Waals surface area (Å²) in [7, 11) is 0. The average Bonchev–Trinajstić information content (AvgIpc) is 2.84. The summed E-state index contributed by atoms with van der Waals surface area (Å²) in [5.41, 5.74) is 6.88. The van der Waals surface area contributed by atoms with Gasteiger partial charge in [-0.15, -0.1) is 0 Å². The lowest BCUT2D eigenvalue weighted by molar-refractivity contribution is 0.0698. The van der Waals surface area contributed by atoms with Crippen molar-refractivity contribution in [3.8, 4) is 0 Å². The Bertz CT molecular complexity index is 500. The van der Waals surface area contributed by atoms with Gasteiger partial charge in [0.05, 0.1) is 16.3 Å². The summed E-state index contributed by atoms with van der Waals surface area (Å²) in [5, 5.41) is 12.6. The van der Waals surface area contributed by atoms with Crippen LogP contribution in [0.1, 0.15) is 30.6 Å². The number of benzene rings is 1. The Balaban J connectivity index is 2.18. The highest BCUT2D eigenvalue weighted by Gasteiger charge is 2.45. The number of carbonyl (C=O) groups is 1. The fraction of sp³-hybridized carbons (Fsp3) is 0.462. The Morgan fingerprint density at radius 1 is 1.61 bits per heavy atom. The van der Waals surface area contributed by atoms with Gasteiger partial charge in [0, 0.05) is 12.2 Å². The highest BCUT2D eigenvalue weighted by atomic mass is 35.5. The van der Waals surface area contributed by atoms with Crippen molar-refractivity contribution in [1.82, 2.24) is 0 Å². The molecule has 0 amide bonds. The number of nitrogens with two attached hydrogens (primary N) is 1. The minimum Gasteiger partial charge on any atom is -0.478 e. The van der Waals surface area contributed by atoms with E-state index in [4.69, 9.17) is 22.4 Å². The van der Waals surface area contributed by atoms with E-state index in [9.17, 15) is 4.79 Å². The fourth-order valence-electron chi connectivity index (χ4n) is 2.13. The van der Waals surface area contributed by atoms with E-state index in [-0.39, 0.29) is 5.56 Å². The molecular formula is C13H17ClN2O2. The number of hydrogen-bond donors (Lipinski definition) is 3. The van der Waals surface area contributed by atoms with Crippen molar-refractivity contribution in [2.45, 2.75) is 20.3 Å². The van der Waals surface area contributed by atoms with Crippen molar-refractivity contribution in [3.63, 3.8) is 0 Å². The fourth-order valence-corrected chi connectivity index (χ4v) is 2.42. The molecule has 1 aromatic rings. The van der Waals surface area contributed by atoms with E-state index in [2.05, 4.69) is 19.2 Å². The smallest absolute Gasteiger partial charge is 0.337 e. The summed E-state index contributed by atoms with van der Waals surface area (Å²) < 4.78 is 0. The molecule has 0 spiro atoms. The second-order valence-electron chi connectivity index (χ2n) is 5.50. The molecule has 0 saturated heterocycles. The van der Waals surface area contributed by atoms with Crippen LogP contribution >= 0.6 is 11.6 Å². The molecule has 18 heavy (non-hydrogen) atoms.